The van der Waals surface area contributed by atoms with Crippen LogP contribution in [0.25, 0.3) is 11.1 Å². The first kappa shape index (κ1) is 21.7. The first-order valence-corrected chi connectivity index (χ1v) is 11.2. The zero-order valence-corrected chi connectivity index (χ0v) is 18.4. The summed E-state index contributed by atoms with van der Waals surface area (Å²) in [5, 5.41) is 14.6. The number of hydrogen-bond acceptors (Lipinski definition) is 4. The van der Waals surface area contributed by atoms with Gasteiger partial charge >= 0.3 is 12.1 Å². The summed E-state index contributed by atoms with van der Waals surface area (Å²) in [7, 11) is 0. The standard InChI is InChI=1S/C27H24N2O5/c30-24(29-27(14-15-27)25(31)32)23(17-8-2-1-3-9-17)28-26(33)34-16-22-20-12-6-4-10-18(20)19-11-5-7-13-21(19)22/h1-13,22-23H,14-16H2,(H,28,33)(H,29,30)(H,31,32)/t23-/m1/s1. The van der Waals surface area contributed by atoms with Crippen LogP contribution in [0.4, 0.5) is 4.79 Å². The smallest absolute Gasteiger partial charge is 0.408 e. The number of benzene rings is 3. The Bertz CT molecular complexity index is 1210. The van der Waals surface area contributed by atoms with E-state index in [0.29, 0.717) is 18.4 Å². The number of nitrogens with one attached hydrogen (secondary N) is 2. The molecule has 172 valence electrons. The molecule has 1 atom stereocenters. The molecule has 0 heterocycles. The third-order valence-electron chi connectivity index (χ3n) is 6.52. The van der Waals surface area contributed by atoms with Gasteiger partial charge in [0.25, 0.3) is 0 Å². The van der Waals surface area contributed by atoms with Gasteiger partial charge < -0.3 is 20.5 Å². The molecule has 7 heteroatoms. The number of carbonyl (C=O) groups excluding carboxylic acids is 2. The maximum Gasteiger partial charge on any atom is 0.408 e. The van der Waals surface area contributed by atoms with Crippen LogP contribution in [0, 0.1) is 0 Å². The molecule has 0 bridgehead atoms. The van der Waals surface area contributed by atoms with Crippen LogP contribution in [-0.4, -0.2) is 35.2 Å². The highest BCUT2D eigenvalue weighted by Crippen LogP contribution is 2.44. The topological polar surface area (TPSA) is 105 Å². The van der Waals surface area contributed by atoms with E-state index < -0.39 is 29.6 Å². The van der Waals surface area contributed by atoms with Gasteiger partial charge in [-0.15, -0.1) is 0 Å². The number of carbonyl (C=O) groups is 3. The van der Waals surface area contributed by atoms with E-state index >= 15 is 0 Å². The van der Waals surface area contributed by atoms with E-state index in [9.17, 15) is 19.5 Å². The summed E-state index contributed by atoms with van der Waals surface area (Å²) in [5.41, 5.74) is 3.70. The highest BCUT2D eigenvalue weighted by atomic mass is 16.5. The number of fused-ring (bicyclic) bond motifs is 3. The predicted molar refractivity (Wildman–Crippen MR) is 125 cm³/mol. The second kappa shape index (κ2) is 8.67. The van der Waals surface area contributed by atoms with Crippen LogP contribution < -0.4 is 10.6 Å². The van der Waals surface area contributed by atoms with Crippen molar-refractivity contribution in [1.82, 2.24) is 10.6 Å². The number of amides is 2. The maximum absolute atomic E-state index is 13.0. The Balaban J connectivity index is 1.31. The van der Waals surface area contributed by atoms with Gasteiger partial charge in [-0.05, 0) is 40.7 Å². The van der Waals surface area contributed by atoms with Crippen LogP contribution in [0.1, 0.15) is 41.5 Å². The second-order valence-corrected chi connectivity index (χ2v) is 8.69. The Hall–Kier alpha value is -4.13. The van der Waals surface area contributed by atoms with E-state index in [2.05, 4.69) is 22.8 Å². The molecule has 0 spiro atoms. The van der Waals surface area contributed by atoms with Crippen LogP contribution in [0.15, 0.2) is 78.9 Å². The van der Waals surface area contributed by atoms with Crippen molar-refractivity contribution in [3.8, 4) is 11.1 Å². The molecule has 2 aliphatic carbocycles. The lowest BCUT2D eigenvalue weighted by Crippen LogP contribution is -2.49. The molecule has 0 radical (unpaired) electrons. The van der Waals surface area contributed by atoms with E-state index in [1.54, 1.807) is 30.3 Å². The lowest BCUT2D eigenvalue weighted by Gasteiger charge is -2.22. The molecule has 3 aromatic rings. The Morgan fingerprint density at radius 2 is 1.44 bits per heavy atom. The van der Waals surface area contributed by atoms with Crippen molar-refractivity contribution in [3.05, 3.63) is 95.6 Å². The Morgan fingerprint density at radius 3 is 2.00 bits per heavy atom. The molecule has 0 aliphatic heterocycles. The number of hydrogen-bond donors (Lipinski definition) is 3. The van der Waals surface area contributed by atoms with Crippen LogP contribution in [-0.2, 0) is 14.3 Å². The van der Waals surface area contributed by atoms with Gasteiger partial charge in [0, 0.05) is 5.92 Å². The molecule has 2 amide bonds. The third kappa shape index (κ3) is 4.01. The van der Waals surface area contributed by atoms with Gasteiger partial charge in [0.05, 0.1) is 0 Å². The van der Waals surface area contributed by atoms with Gasteiger partial charge in [-0.3, -0.25) is 4.79 Å². The molecule has 0 aromatic heterocycles. The second-order valence-electron chi connectivity index (χ2n) is 8.69. The SMILES string of the molecule is O=C(N[C@@H](C(=O)NC1(C(=O)O)CC1)c1ccccc1)OCC1c2ccccc2-c2ccccc21. The number of alkyl carbamates (subject to hydrolysis) is 1. The lowest BCUT2D eigenvalue weighted by molar-refractivity contribution is -0.143. The molecular weight excluding hydrogens is 432 g/mol. The van der Waals surface area contributed by atoms with Crippen molar-refractivity contribution in [2.75, 3.05) is 6.61 Å². The minimum absolute atomic E-state index is 0.108. The van der Waals surface area contributed by atoms with E-state index in [0.717, 1.165) is 22.3 Å². The third-order valence-corrected chi connectivity index (χ3v) is 6.52. The van der Waals surface area contributed by atoms with Crippen molar-refractivity contribution in [2.24, 2.45) is 0 Å². The Morgan fingerprint density at radius 1 is 0.882 bits per heavy atom. The minimum atomic E-state index is -1.26. The van der Waals surface area contributed by atoms with Crippen LogP contribution in [0.2, 0.25) is 0 Å². The van der Waals surface area contributed by atoms with E-state index in [1.165, 1.54) is 0 Å². The first-order valence-electron chi connectivity index (χ1n) is 11.2. The molecular formula is C27H24N2O5. The lowest BCUT2D eigenvalue weighted by atomic mass is 9.98. The molecule has 1 saturated carbocycles. The summed E-state index contributed by atoms with van der Waals surface area (Å²) in [6.45, 7) is 0.113. The fourth-order valence-electron chi connectivity index (χ4n) is 4.53. The van der Waals surface area contributed by atoms with Gasteiger partial charge in [0.15, 0.2) is 0 Å². The normalized spacial score (nSPS) is 16.0. The zero-order valence-electron chi connectivity index (χ0n) is 18.4. The summed E-state index contributed by atoms with van der Waals surface area (Å²) < 4.78 is 5.59. The fraction of sp³-hybridized carbons (Fsp3) is 0.222. The quantitative estimate of drug-likeness (QED) is 0.499. The van der Waals surface area contributed by atoms with Crippen LogP contribution in [0.5, 0.6) is 0 Å². The molecule has 2 aliphatic rings. The molecule has 3 N–H and O–H groups in total. The predicted octanol–water partition coefficient (Wildman–Crippen LogP) is 4.00. The van der Waals surface area contributed by atoms with E-state index in [-0.39, 0.29) is 12.5 Å². The van der Waals surface area contributed by atoms with Crippen molar-refractivity contribution in [2.45, 2.75) is 30.3 Å². The summed E-state index contributed by atoms with van der Waals surface area (Å²) >= 11 is 0. The van der Waals surface area contributed by atoms with Gasteiger partial charge in [0.2, 0.25) is 5.91 Å². The van der Waals surface area contributed by atoms with Crippen LogP contribution in [0.3, 0.4) is 0 Å². The largest absolute Gasteiger partial charge is 0.480 e. The summed E-state index contributed by atoms with van der Waals surface area (Å²) in [6.07, 6.45) is -0.0211. The minimum Gasteiger partial charge on any atom is -0.480 e. The molecule has 1 fully saturated rings. The highest BCUT2D eigenvalue weighted by molar-refractivity contribution is 5.93. The van der Waals surface area contributed by atoms with Crippen molar-refractivity contribution < 1.29 is 24.2 Å². The molecule has 0 unspecified atom stereocenters. The Kier molecular flexibility index (Phi) is 5.53. The van der Waals surface area contributed by atoms with Crippen molar-refractivity contribution in [1.29, 1.82) is 0 Å². The van der Waals surface area contributed by atoms with Gasteiger partial charge in [-0.25, -0.2) is 9.59 Å². The average Bonchev–Trinajstić information content (AvgIpc) is 3.57. The molecule has 34 heavy (non-hydrogen) atoms. The highest BCUT2D eigenvalue weighted by Gasteiger charge is 2.52. The Labute approximate surface area is 196 Å². The monoisotopic (exact) mass is 456 g/mol. The molecule has 0 saturated heterocycles. The summed E-state index contributed by atoms with van der Waals surface area (Å²) in [5.74, 6) is -1.77. The average molecular weight is 456 g/mol. The number of rotatable bonds is 7. The summed E-state index contributed by atoms with van der Waals surface area (Å²) in [4.78, 5) is 37.3. The number of carboxylic acids is 1. The van der Waals surface area contributed by atoms with Crippen molar-refractivity contribution in [3.63, 3.8) is 0 Å². The van der Waals surface area contributed by atoms with E-state index in [4.69, 9.17) is 4.74 Å². The fourth-order valence-corrected chi connectivity index (χ4v) is 4.53. The van der Waals surface area contributed by atoms with E-state index in [1.807, 2.05) is 36.4 Å². The maximum atomic E-state index is 13.0. The number of carboxylic acid groups (broad SMARTS) is 1. The summed E-state index contributed by atoms with van der Waals surface area (Å²) in [6, 6.07) is 23.7. The van der Waals surface area contributed by atoms with Crippen molar-refractivity contribution >= 4 is 18.0 Å². The zero-order chi connectivity index (χ0) is 23.7. The van der Waals surface area contributed by atoms with Gasteiger partial charge in [-0.1, -0.05) is 78.9 Å². The van der Waals surface area contributed by atoms with Gasteiger partial charge in [-0.2, -0.15) is 0 Å². The van der Waals surface area contributed by atoms with Crippen LogP contribution >= 0.6 is 0 Å². The molecule has 7 nitrogen and oxygen atoms in total. The van der Waals surface area contributed by atoms with Gasteiger partial charge in [0.1, 0.15) is 18.2 Å². The first-order chi connectivity index (χ1) is 16.5. The molecule has 3 aromatic carbocycles. The number of ether oxygens (including phenoxy) is 1. The molecule has 5 rings (SSSR count). The number of aliphatic carboxylic acids is 1.